The third-order valence-electron chi connectivity index (χ3n) is 4.21. The first-order chi connectivity index (χ1) is 11.5. The van der Waals surface area contributed by atoms with Crippen LogP contribution in [-0.2, 0) is 0 Å². The van der Waals surface area contributed by atoms with Gasteiger partial charge in [-0.25, -0.2) is 4.79 Å². The first-order valence-corrected chi connectivity index (χ1v) is 8.54. The molecule has 24 heavy (non-hydrogen) atoms. The van der Waals surface area contributed by atoms with Gasteiger partial charge in [-0.1, -0.05) is 18.5 Å². The van der Waals surface area contributed by atoms with Gasteiger partial charge in [0.05, 0.1) is 4.92 Å². The predicted octanol–water partition coefficient (Wildman–Crippen LogP) is 3.49. The van der Waals surface area contributed by atoms with E-state index in [1.165, 1.54) is 31.0 Å². The summed E-state index contributed by atoms with van der Waals surface area (Å²) in [6.45, 7) is 6.07. The number of urea groups is 1. The molecule has 1 fully saturated rings. The van der Waals surface area contributed by atoms with Crippen molar-refractivity contribution in [3.63, 3.8) is 0 Å². The highest BCUT2D eigenvalue weighted by molar-refractivity contribution is 6.32. The van der Waals surface area contributed by atoms with Crippen LogP contribution in [-0.4, -0.2) is 42.0 Å². The molecule has 0 aromatic heterocycles. The van der Waals surface area contributed by atoms with Gasteiger partial charge in [0.25, 0.3) is 5.69 Å². The van der Waals surface area contributed by atoms with Gasteiger partial charge in [-0.3, -0.25) is 10.1 Å². The summed E-state index contributed by atoms with van der Waals surface area (Å²) in [5.41, 5.74) is 0.113. The monoisotopic (exact) mass is 354 g/mol. The van der Waals surface area contributed by atoms with Crippen LogP contribution in [0.2, 0.25) is 5.02 Å². The van der Waals surface area contributed by atoms with E-state index in [2.05, 4.69) is 22.5 Å². The second-order valence-electron chi connectivity index (χ2n) is 6.18. The lowest BCUT2D eigenvalue weighted by atomic mass is 9.99. The van der Waals surface area contributed by atoms with Gasteiger partial charge >= 0.3 is 6.03 Å². The quantitative estimate of drug-likeness (QED) is 0.465. The van der Waals surface area contributed by atoms with Gasteiger partial charge in [-0.15, -0.1) is 0 Å². The number of nitro benzene ring substituents is 1. The summed E-state index contributed by atoms with van der Waals surface area (Å²) < 4.78 is 0. The van der Waals surface area contributed by atoms with Gasteiger partial charge in [0.1, 0.15) is 5.02 Å². The van der Waals surface area contributed by atoms with Crippen LogP contribution < -0.4 is 10.6 Å². The molecule has 1 heterocycles. The molecule has 0 aliphatic carbocycles. The minimum atomic E-state index is -0.578. The second-order valence-corrected chi connectivity index (χ2v) is 6.59. The smallest absolute Gasteiger partial charge is 0.319 e. The molecule has 2 N–H and O–H groups in total. The zero-order valence-electron chi connectivity index (χ0n) is 13.8. The number of carbonyl (C=O) groups is 1. The lowest BCUT2D eigenvalue weighted by Gasteiger charge is -2.30. The van der Waals surface area contributed by atoms with Crippen LogP contribution in [0.5, 0.6) is 0 Å². The van der Waals surface area contributed by atoms with Gasteiger partial charge in [-0.05, 0) is 56.9 Å². The van der Waals surface area contributed by atoms with Crippen molar-refractivity contribution in [3.8, 4) is 0 Å². The molecule has 1 saturated heterocycles. The zero-order chi connectivity index (χ0) is 17.5. The maximum atomic E-state index is 11.8. The first kappa shape index (κ1) is 18.5. The first-order valence-electron chi connectivity index (χ1n) is 8.17. The second kappa shape index (κ2) is 8.84. The van der Waals surface area contributed by atoms with Crippen LogP contribution in [0.4, 0.5) is 16.2 Å². The van der Waals surface area contributed by atoms with E-state index in [1.807, 2.05) is 0 Å². The molecule has 0 bridgehead atoms. The highest BCUT2D eigenvalue weighted by Crippen LogP contribution is 2.27. The fourth-order valence-electron chi connectivity index (χ4n) is 2.70. The Kier molecular flexibility index (Phi) is 6.81. The fourth-order valence-corrected chi connectivity index (χ4v) is 2.88. The number of nitrogens with zero attached hydrogens (tertiary/aromatic N) is 2. The van der Waals surface area contributed by atoms with Gasteiger partial charge in [0.15, 0.2) is 0 Å². The normalized spacial score (nSPS) is 15.9. The topological polar surface area (TPSA) is 87.5 Å². The summed E-state index contributed by atoms with van der Waals surface area (Å²) in [6, 6.07) is 3.80. The largest absolute Gasteiger partial charge is 0.338 e. The summed E-state index contributed by atoms with van der Waals surface area (Å²) in [5, 5.41) is 16.2. The van der Waals surface area contributed by atoms with Crippen molar-refractivity contribution in [2.45, 2.75) is 26.2 Å². The Balaban J connectivity index is 1.70. The Morgan fingerprint density at radius 3 is 2.79 bits per heavy atom. The van der Waals surface area contributed by atoms with Crippen LogP contribution in [0, 0.1) is 16.0 Å². The van der Waals surface area contributed by atoms with Crippen molar-refractivity contribution in [3.05, 3.63) is 33.3 Å². The minimum absolute atomic E-state index is 0.0433. The molecular weight excluding hydrogens is 332 g/mol. The average Bonchev–Trinajstić information content (AvgIpc) is 2.55. The van der Waals surface area contributed by atoms with E-state index >= 15 is 0 Å². The van der Waals surface area contributed by atoms with Crippen molar-refractivity contribution in [2.75, 3.05) is 31.5 Å². The Morgan fingerprint density at radius 1 is 1.42 bits per heavy atom. The molecule has 0 radical (unpaired) electrons. The molecule has 7 nitrogen and oxygen atoms in total. The molecule has 0 unspecified atom stereocenters. The number of halogens is 1. The van der Waals surface area contributed by atoms with E-state index in [-0.39, 0.29) is 16.7 Å². The minimum Gasteiger partial charge on any atom is -0.338 e. The van der Waals surface area contributed by atoms with E-state index in [1.54, 1.807) is 0 Å². The molecule has 2 rings (SSSR count). The molecule has 1 aromatic rings. The SMILES string of the molecule is CC1CCN(CCCNC(=O)Nc2ccc(Cl)c([N+](=O)[O-])c2)CC1. The Hall–Kier alpha value is -1.86. The lowest BCUT2D eigenvalue weighted by Crippen LogP contribution is -2.36. The molecule has 0 saturated carbocycles. The van der Waals surface area contributed by atoms with Crippen molar-refractivity contribution >= 4 is 29.0 Å². The van der Waals surface area contributed by atoms with Crippen LogP contribution >= 0.6 is 11.6 Å². The number of benzene rings is 1. The highest BCUT2D eigenvalue weighted by atomic mass is 35.5. The van der Waals surface area contributed by atoms with Crippen LogP contribution in [0.3, 0.4) is 0 Å². The summed E-state index contributed by atoms with van der Waals surface area (Å²) in [7, 11) is 0. The number of likely N-dealkylation sites (tertiary alicyclic amines) is 1. The number of nitro groups is 1. The average molecular weight is 355 g/mol. The predicted molar refractivity (Wildman–Crippen MR) is 94.6 cm³/mol. The Morgan fingerprint density at radius 2 is 2.12 bits per heavy atom. The molecule has 1 aliphatic heterocycles. The van der Waals surface area contributed by atoms with Gasteiger partial charge in [0.2, 0.25) is 0 Å². The summed E-state index contributed by atoms with van der Waals surface area (Å²) in [5.74, 6) is 0.814. The molecular formula is C16H23ClN4O3. The van der Waals surface area contributed by atoms with Crippen molar-refractivity contribution in [2.24, 2.45) is 5.92 Å². The van der Waals surface area contributed by atoms with Gasteiger partial charge in [-0.2, -0.15) is 0 Å². The standard InChI is InChI=1S/C16H23ClN4O3/c1-12-5-9-20(10-6-12)8-2-7-18-16(22)19-13-3-4-14(17)15(11-13)21(23)24/h3-4,11-12H,2,5-10H2,1H3,(H2,18,19,22). The zero-order valence-corrected chi connectivity index (χ0v) is 14.5. The Bertz CT molecular complexity index is 589. The highest BCUT2D eigenvalue weighted by Gasteiger charge is 2.15. The van der Waals surface area contributed by atoms with Crippen LogP contribution in [0.15, 0.2) is 18.2 Å². The van der Waals surface area contributed by atoms with Crippen molar-refractivity contribution in [1.82, 2.24) is 10.2 Å². The number of amides is 2. The van der Waals surface area contributed by atoms with Crippen LogP contribution in [0.25, 0.3) is 0 Å². The number of piperidine rings is 1. The summed E-state index contributed by atoms with van der Waals surface area (Å²) >= 11 is 5.74. The Labute approximate surface area is 146 Å². The van der Waals surface area contributed by atoms with E-state index < -0.39 is 4.92 Å². The third-order valence-corrected chi connectivity index (χ3v) is 4.53. The van der Waals surface area contributed by atoms with E-state index in [0.717, 1.165) is 32.0 Å². The molecule has 0 spiro atoms. The number of anilines is 1. The molecule has 1 aliphatic rings. The lowest BCUT2D eigenvalue weighted by molar-refractivity contribution is -0.384. The number of hydrogen-bond donors (Lipinski definition) is 2. The fraction of sp³-hybridized carbons (Fsp3) is 0.562. The van der Waals surface area contributed by atoms with Crippen LogP contribution in [0.1, 0.15) is 26.2 Å². The summed E-state index contributed by atoms with van der Waals surface area (Å²) in [4.78, 5) is 24.5. The number of hydrogen-bond acceptors (Lipinski definition) is 4. The van der Waals surface area contributed by atoms with Crippen molar-refractivity contribution < 1.29 is 9.72 Å². The number of rotatable bonds is 6. The maximum absolute atomic E-state index is 11.8. The maximum Gasteiger partial charge on any atom is 0.319 e. The molecule has 8 heteroatoms. The van der Waals surface area contributed by atoms with Crippen molar-refractivity contribution in [1.29, 1.82) is 0 Å². The number of nitrogens with one attached hydrogen (secondary N) is 2. The van der Waals surface area contributed by atoms with E-state index in [4.69, 9.17) is 11.6 Å². The molecule has 132 valence electrons. The van der Waals surface area contributed by atoms with Gasteiger partial charge in [0, 0.05) is 18.3 Å². The molecule has 1 aromatic carbocycles. The molecule has 0 atom stereocenters. The van der Waals surface area contributed by atoms with Gasteiger partial charge < -0.3 is 15.5 Å². The number of carbonyl (C=O) groups excluding carboxylic acids is 1. The molecule has 2 amide bonds. The summed E-state index contributed by atoms with van der Waals surface area (Å²) in [6.07, 6.45) is 3.36. The van der Waals surface area contributed by atoms with E-state index in [9.17, 15) is 14.9 Å². The third kappa shape index (κ3) is 5.65. The van der Waals surface area contributed by atoms with E-state index in [0.29, 0.717) is 12.2 Å².